The summed E-state index contributed by atoms with van der Waals surface area (Å²) in [5.74, 6) is 0.945. The predicted octanol–water partition coefficient (Wildman–Crippen LogP) is 4.52. The monoisotopic (exact) mass is 298 g/mol. The van der Waals surface area contributed by atoms with E-state index in [-0.39, 0.29) is 0 Å². The molecular formula is C18H18O4. The van der Waals surface area contributed by atoms with E-state index < -0.39 is 5.63 Å². The highest BCUT2D eigenvalue weighted by Crippen LogP contribution is 2.34. The zero-order valence-corrected chi connectivity index (χ0v) is 12.9. The summed E-state index contributed by atoms with van der Waals surface area (Å²) in [6, 6.07) is 6.91. The fourth-order valence-electron chi connectivity index (χ4n) is 2.23. The third-order valence-electron chi connectivity index (χ3n) is 3.83. The summed E-state index contributed by atoms with van der Waals surface area (Å²) in [7, 11) is 0. The Hall–Kier alpha value is -2.49. The molecule has 0 fully saturated rings. The van der Waals surface area contributed by atoms with E-state index in [0.717, 1.165) is 10.8 Å². The van der Waals surface area contributed by atoms with Crippen molar-refractivity contribution in [1.29, 1.82) is 0 Å². The summed E-state index contributed by atoms with van der Waals surface area (Å²) in [4.78, 5) is 11.5. The maximum Gasteiger partial charge on any atom is 0.336 e. The normalized spacial score (nSPS) is 12.5. The van der Waals surface area contributed by atoms with Crippen LogP contribution in [0.1, 0.15) is 20.8 Å². The van der Waals surface area contributed by atoms with E-state index in [2.05, 4.69) is 20.8 Å². The second kappa shape index (κ2) is 5.72. The molecule has 0 aliphatic rings. The standard InChI is InChI=1S/C18H18O4/c1-11(2)12(3)6-8-21-18-16-14(7-9-20-16)10-13-4-5-15(19)22-17(13)18/h4-7,9-11H,8H2,1-3H3. The van der Waals surface area contributed by atoms with E-state index in [9.17, 15) is 4.79 Å². The summed E-state index contributed by atoms with van der Waals surface area (Å²) < 4.78 is 16.7. The van der Waals surface area contributed by atoms with Gasteiger partial charge in [0.15, 0.2) is 11.2 Å². The zero-order valence-electron chi connectivity index (χ0n) is 12.9. The molecule has 0 unspecified atom stereocenters. The van der Waals surface area contributed by atoms with Gasteiger partial charge in [0.1, 0.15) is 6.61 Å². The van der Waals surface area contributed by atoms with Crippen molar-refractivity contribution in [3.8, 4) is 5.75 Å². The van der Waals surface area contributed by atoms with Crippen LogP contribution in [-0.2, 0) is 0 Å². The fraction of sp³-hybridized carbons (Fsp3) is 0.278. The van der Waals surface area contributed by atoms with Crippen molar-refractivity contribution in [3.05, 3.63) is 52.6 Å². The van der Waals surface area contributed by atoms with E-state index in [1.54, 1.807) is 12.3 Å². The van der Waals surface area contributed by atoms with Gasteiger partial charge in [0.25, 0.3) is 0 Å². The van der Waals surface area contributed by atoms with E-state index >= 15 is 0 Å². The van der Waals surface area contributed by atoms with Crippen molar-refractivity contribution < 1.29 is 13.6 Å². The lowest BCUT2D eigenvalue weighted by atomic mass is 10.1. The quantitative estimate of drug-likeness (QED) is 0.525. The van der Waals surface area contributed by atoms with Crippen molar-refractivity contribution in [2.24, 2.45) is 5.92 Å². The number of benzene rings is 1. The molecule has 0 N–H and O–H groups in total. The Bertz CT molecular complexity index is 896. The Labute approximate surface area is 128 Å². The smallest absolute Gasteiger partial charge is 0.336 e. The Morgan fingerprint density at radius 1 is 1.23 bits per heavy atom. The lowest BCUT2D eigenvalue weighted by Gasteiger charge is -2.09. The van der Waals surface area contributed by atoms with E-state index in [1.165, 1.54) is 11.6 Å². The summed E-state index contributed by atoms with van der Waals surface area (Å²) >= 11 is 0. The van der Waals surface area contributed by atoms with Crippen LogP contribution in [0, 0.1) is 5.92 Å². The first-order chi connectivity index (χ1) is 10.6. The molecule has 0 amide bonds. The van der Waals surface area contributed by atoms with E-state index in [1.807, 2.05) is 18.2 Å². The molecule has 3 aromatic rings. The van der Waals surface area contributed by atoms with Crippen molar-refractivity contribution in [2.45, 2.75) is 20.8 Å². The molecule has 22 heavy (non-hydrogen) atoms. The van der Waals surface area contributed by atoms with Gasteiger partial charge in [0.2, 0.25) is 5.75 Å². The molecule has 0 spiro atoms. The molecule has 3 rings (SSSR count). The molecule has 0 aliphatic heterocycles. The first kappa shape index (κ1) is 14.4. The molecule has 2 aromatic heterocycles. The SMILES string of the molecule is CC(=CCOc1c2occc2cc2ccc(=O)oc12)C(C)C. The summed E-state index contributed by atoms with van der Waals surface area (Å²) in [5.41, 5.74) is 1.86. The second-order valence-corrected chi connectivity index (χ2v) is 5.63. The Kier molecular flexibility index (Phi) is 3.75. The lowest BCUT2D eigenvalue weighted by Crippen LogP contribution is -2.00. The predicted molar refractivity (Wildman–Crippen MR) is 86.3 cm³/mol. The molecule has 0 atom stereocenters. The number of ether oxygens (including phenoxy) is 1. The van der Waals surface area contributed by atoms with Crippen LogP contribution in [0.15, 0.2) is 55.8 Å². The summed E-state index contributed by atoms with van der Waals surface area (Å²) in [6.07, 6.45) is 3.63. The minimum Gasteiger partial charge on any atom is -0.482 e. The second-order valence-electron chi connectivity index (χ2n) is 5.63. The van der Waals surface area contributed by atoms with E-state index in [4.69, 9.17) is 13.6 Å². The van der Waals surface area contributed by atoms with Crippen LogP contribution in [-0.4, -0.2) is 6.61 Å². The fourth-order valence-corrected chi connectivity index (χ4v) is 2.23. The van der Waals surface area contributed by atoms with Crippen molar-refractivity contribution in [1.82, 2.24) is 0 Å². The molecular weight excluding hydrogens is 280 g/mol. The topological polar surface area (TPSA) is 52.6 Å². The van der Waals surface area contributed by atoms with Gasteiger partial charge in [-0.25, -0.2) is 4.79 Å². The highest BCUT2D eigenvalue weighted by molar-refractivity contribution is 5.99. The minimum absolute atomic E-state index is 0.400. The molecule has 2 heterocycles. The van der Waals surface area contributed by atoms with Gasteiger partial charge in [-0.05, 0) is 37.1 Å². The molecule has 4 nitrogen and oxygen atoms in total. The Morgan fingerprint density at radius 3 is 2.77 bits per heavy atom. The van der Waals surface area contributed by atoms with Crippen LogP contribution in [0.25, 0.3) is 21.9 Å². The number of fused-ring (bicyclic) bond motifs is 2. The molecule has 0 saturated heterocycles. The van der Waals surface area contributed by atoms with Crippen molar-refractivity contribution >= 4 is 21.9 Å². The molecule has 0 bridgehead atoms. The third kappa shape index (κ3) is 2.64. The molecule has 114 valence electrons. The maximum absolute atomic E-state index is 11.5. The van der Waals surface area contributed by atoms with Gasteiger partial charge < -0.3 is 13.6 Å². The maximum atomic E-state index is 11.5. The highest BCUT2D eigenvalue weighted by Gasteiger charge is 2.14. The van der Waals surface area contributed by atoms with Crippen LogP contribution < -0.4 is 10.4 Å². The van der Waals surface area contributed by atoms with Crippen LogP contribution >= 0.6 is 0 Å². The van der Waals surface area contributed by atoms with Gasteiger partial charge in [-0.3, -0.25) is 0 Å². The zero-order chi connectivity index (χ0) is 15.7. The molecule has 0 saturated carbocycles. The van der Waals surface area contributed by atoms with Crippen LogP contribution in [0.5, 0.6) is 5.75 Å². The van der Waals surface area contributed by atoms with Gasteiger partial charge in [0, 0.05) is 16.8 Å². The molecule has 0 radical (unpaired) electrons. The van der Waals surface area contributed by atoms with Crippen LogP contribution in [0.3, 0.4) is 0 Å². The summed E-state index contributed by atoms with van der Waals surface area (Å²) in [6.45, 7) is 6.73. The highest BCUT2D eigenvalue weighted by atomic mass is 16.5. The number of rotatable bonds is 4. The molecule has 1 aromatic carbocycles. The van der Waals surface area contributed by atoms with Crippen molar-refractivity contribution in [2.75, 3.05) is 6.61 Å². The number of hydrogen-bond donors (Lipinski definition) is 0. The number of allylic oxidation sites excluding steroid dienone is 1. The molecule has 4 heteroatoms. The third-order valence-corrected chi connectivity index (χ3v) is 3.83. The van der Waals surface area contributed by atoms with Crippen LogP contribution in [0.4, 0.5) is 0 Å². The minimum atomic E-state index is -0.405. The average molecular weight is 298 g/mol. The van der Waals surface area contributed by atoms with Gasteiger partial charge in [-0.2, -0.15) is 0 Å². The number of furan rings is 1. The van der Waals surface area contributed by atoms with E-state index in [0.29, 0.717) is 29.4 Å². The van der Waals surface area contributed by atoms with Gasteiger partial charge in [0.05, 0.1) is 6.26 Å². The Balaban J connectivity index is 2.08. The molecule has 0 aliphatic carbocycles. The first-order valence-corrected chi connectivity index (χ1v) is 7.30. The van der Waals surface area contributed by atoms with Crippen LogP contribution in [0.2, 0.25) is 0 Å². The van der Waals surface area contributed by atoms with Gasteiger partial charge in [-0.1, -0.05) is 19.4 Å². The largest absolute Gasteiger partial charge is 0.482 e. The summed E-state index contributed by atoms with van der Waals surface area (Å²) in [5, 5.41) is 1.73. The average Bonchev–Trinajstić information content (AvgIpc) is 2.94. The van der Waals surface area contributed by atoms with Gasteiger partial charge >= 0.3 is 5.63 Å². The van der Waals surface area contributed by atoms with Gasteiger partial charge in [-0.15, -0.1) is 0 Å². The number of hydrogen-bond acceptors (Lipinski definition) is 4. The lowest BCUT2D eigenvalue weighted by molar-refractivity contribution is 0.354. The van der Waals surface area contributed by atoms with Crippen molar-refractivity contribution in [3.63, 3.8) is 0 Å². The first-order valence-electron chi connectivity index (χ1n) is 7.30. The Morgan fingerprint density at radius 2 is 2.00 bits per heavy atom.